The van der Waals surface area contributed by atoms with E-state index in [0.717, 1.165) is 22.0 Å². The molecule has 0 amide bonds. The molecule has 2 aromatic rings. The van der Waals surface area contributed by atoms with Gasteiger partial charge in [-0.2, -0.15) is 0 Å². The van der Waals surface area contributed by atoms with Crippen molar-refractivity contribution in [1.82, 2.24) is 0 Å². The van der Waals surface area contributed by atoms with Crippen LogP contribution in [0.5, 0.6) is 11.5 Å². The van der Waals surface area contributed by atoms with Crippen LogP contribution in [-0.2, 0) is 9.47 Å². The predicted molar refractivity (Wildman–Crippen MR) is 124 cm³/mol. The van der Waals surface area contributed by atoms with E-state index in [2.05, 4.69) is 12.1 Å². The standard InChI is InChI=1S/C24H33O5P.Li.H/c1-6-26-10-12-28-20-8-9-22(21(16-20)29-13-11-27-7-2)30-24(25)23-18(4)14-17(3)15-19(23)5;;/h8-9,14-16,30H,6-7,10-13H2,1-5H3;;/q;+1;-1. The first-order valence-electron chi connectivity index (χ1n) is 10.4. The summed E-state index contributed by atoms with van der Waals surface area (Å²) in [6.07, 6.45) is 0. The summed E-state index contributed by atoms with van der Waals surface area (Å²) < 4.78 is 22.4. The first-order valence-corrected chi connectivity index (χ1v) is 11.4. The third-order valence-corrected chi connectivity index (χ3v) is 5.65. The summed E-state index contributed by atoms with van der Waals surface area (Å²) in [5.74, 6) is 1.36. The summed E-state index contributed by atoms with van der Waals surface area (Å²) in [6, 6.07) is 9.76. The minimum Gasteiger partial charge on any atom is -1.00 e. The van der Waals surface area contributed by atoms with Crippen molar-refractivity contribution in [1.29, 1.82) is 0 Å². The molecule has 0 fully saturated rings. The molecule has 0 aromatic heterocycles. The van der Waals surface area contributed by atoms with Crippen molar-refractivity contribution in [2.24, 2.45) is 0 Å². The smallest absolute Gasteiger partial charge is 1.00 e. The number of aryl methyl sites for hydroxylation is 3. The van der Waals surface area contributed by atoms with E-state index in [-0.39, 0.29) is 34.4 Å². The fourth-order valence-corrected chi connectivity index (χ4v) is 4.45. The minimum atomic E-state index is -0.0300. The van der Waals surface area contributed by atoms with Crippen molar-refractivity contribution < 1.29 is 44.0 Å². The Balaban J connectivity index is 0.00000480. The maximum atomic E-state index is 13.1. The summed E-state index contributed by atoms with van der Waals surface area (Å²) in [7, 11) is -0.0300. The largest absolute Gasteiger partial charge is 1.00 e. The molecule has 0 heterocycles. The van der Waals surface area contributed by atoms with Gasteiger partial charge in [0, 0.05) is 30.1 Å². The van der Waals surface area contributed by atoms with Gasteiger partial charge in [-0.1, -0.05) is 17.7 Å². The van der Waals surface area contributed by atoms with Crippen LogP contribution in [0.3, 0.4) is 0 Å². The van der Waals surface area contributed by atoms with Crippen LogP contribution in [0.15, 0.2) is 30.3 Å². The average molecular weight is 440 g/mol. The van der Waals surface area contributed by atoms with E-state index in [9.17, 15) is 4.79 Å². The Bertz CT molecular complexity index is 824. The number of carbonyl (C=O) groups is 1. The first kappa shape index (κ1) is 27.7. The van der Waals surface area contributed by atoms with Gasteiger partial charge in [0.1, 0.15) is 24.7 Å². The summed E-state index contributed by atoms with van der Waals surface area (Å²) >= 11 is 0. The molecule has 0 aliphatic heterocycles. The van der Waals surface area contributed by atoms with Gasteiger partial charge < -0.3 is 20.4 Å². The number of hydrogen-bond donors (Lipinski definition) is 0. The van der Waals surface area contributed by atoms with E-state index in [4.69, 9.17) is 18.9 Å². The fourth-order valence-electron chi connectivity index (χ4n) is 3.26. The SMILES string of the molecule is CCOCCOc1ccc(PC(=O)c2c(C)cc(C)cc2C)c(OCCOCC)c1.[H-].[Li+]. The quantitative estimate of drug-likeness (QED) is 0.270. The van der Waals surface area contributed by atoms with E-state index >= 15 is 0 Å². The third-order valence-electron chi connectivity index (χ3n) is 4.50. The normalized spacial score (nSPS) is 10.9. The molecule has 2 rings (SSSR count). The number of ether oxygens (including phenoxy) is 4. The van der Waals surface area contributed by atoms with E-state index in [1.807, 2.05) is 52.8 Å². The molecule has 0 N–H and O–H groups in total. The molecular weight excluding hydrogens is 406 g/mol. The van der Waals surface area contributed by atoms with Crippen LogP contribution in [0.4, 0.5) is 0 Å². The second kappa shape index (κ2) is 14.7. The van der Waals surface area contributed by atoms with E-state index in [1.54, 1.807) is 0 Å². The number of carbonyl (C=O) groups excluding carboxylic acids is 1. The van der Waals surface area contributed by atoms with Gasteiger partial charge in [-0.3, -0.25) is 4.79 Å². The van der Waals surface area contributed by atoms with Gasteiger partial charge in [-0.15, -0.1) is 0 Å². The molecule has 0 saturated carbocycles. The van der Waals surface area contributed by atoms with Crippen LogP contribution in [0, 0.1) is 20.8 Å². The van der Waals surface area contributed by atoms with Gasteiger partial charge in [-0.05, 0) is 66.5 Å². The van der Waals surface area contributed by atoms with Gasteiger partial charge in [0.2, 0.25) is 0 Å². The molecule has 166 valence electrons. The maximum Gasteiger partial charge on any atom is 1.00 e. The van der Waals surface area contributed by atoms with Crippen molar-refractivity contribution in [3.8, 4) is 11.5 Å². The Morgan fingerprint density at radius 3 is 2.03 bits per heavy atom. The molecule has 31 heavy (non-hydrogen) atoms. The molecule has 0 bridgehead atoms. The third kappa shape index (κ3) is 8.97. The van der Waals surface area contributed by atoms with Gasteiger partial charge >= 0.3 is 18.9 Å². The molecule has 5 nitrogen and oxygen atoms in total. The zero-order valence-electron chi connectivity index (χ0n) is 20.7. The van der Waals surface area contributed by atoms with Gasteiger partial charge in [-0.25, -0.2) is 0 Å². The molecule has 1 unspecified atom stereocenters. The maximum absolute atomic E-state index is 13.1. The topological polar surface area (TPSA) is 54.0 Å². The Morgan fingerprint density at radius 2 is 1.45 bits per heavy atom. The van der Waals surface area contributed by atoms with Crippen molar-refractivity contribution in [3.63, 3.8) is 0 Å². The summed E-state index contributed by atoms with van der Waals surface area (Å²) in [5, 5.41) is 0.869. The Morgan fingerprint density at radius 1 is 0.871 bits per heavy atom. The molecule has 0 radical (unpaired) electrons. The second-order valence-corrected chi connectivity index (χ2v) is 8.22. The zero-order valence-corrected chi connectivity index (χ0v) is 20.7. The number of benzene rings is 2. The van der Waals surface area contributed by atoms with E-state index < -0.39 is 0 Å². The molecule has 7 heteroatoms. The van der Waals surface area contributed by atoms with Crippen LogP contribution in [0.1, 0.15) is 42.3 Å². The van der Waals surface area contributed by atoms with Crippen LogP contribution in [-0.4, -0.2) is 45.2 Å². The summed E-state index contributed by atoms with van der Waals surface area (Å²) in [6.45, 7) is 13.2. The van der Waals surface area contributed by atoms with Gasteiger partial charge in [0.05, 0.1) is 13.2 Å². The Kier molecular flexibility index (Phi) is 13.1. The van der Waals surface area contributed by atoms with Crippen LogP contribution in [0.2, 0.25) is 0 Å². The number of rotatable bonds is 13. The predicted octanol–water partition coefficient (Wildman–Crippen LogP) is 1.70. The van der Waals surface area contributed by atoms with E-state index in [1.165, 1.54) is 5.56 Å². The van der Waals surface area contributed by atoms with Crippen LogP contribution in [0.25, 0.3) is 0 Å². The molecule has 2 aromatic carbocycles. The summed E-state index contributed by atoms with van der Waals surface area (Å²) in [5.41, 5.74) is 4.11. The Hall–Kier alpha value is -1.34. The molecule has 0 spiro atoms. The monoisotopic (exact) mass is 440 g/mol. The van der Waals surface area contributed by atoms with Gasteiger partial charge in [0.15, 0.2) is 5.52 Å². The molecule has 1 atom stereocenters. The van der Waals surface area contributed by atoms with Crippen LogP contribution >= 0.6 is 8.58 Å². The van der Waals surface area contributed by atoms with Crippen molar-refractivity contribution >= 4 is 19.4 Å². The Labute approximate surface area is 201 Å². The van der Waals surface area contributed by atoms with Gasteiger partial charge in [0.25, 0.3) is 0 Å². The summed E-state index contributed by atoms with van der Waals surface area (Å²) in [4.78, 5) is 13.1. The second-order valence-electron chi connectivity index (χ2n) is 6.98. The first-order chi connectivity index (χ1) is 14.5. The molecular formula is C24H34LiO5P. The van der Waals surface area contributed by atoms with Crippen molar-refractivity contribution in [2.75, 3.05) is 39.6 Å². The zero-order chi connectivity index (χ0) is 21.9. The fraction of sp³-hybridized carbons (Fsp3) is 0.458. The van der Waals surface area contributed by atoms with Crippen molar-refractivity contribution in [3.05, 3.63) is 52.6 Å². The average Bonchev–Trinajstić information content (AvgIpc) is 2.69. The molecule has 0 aliphatic rings. The molecule has 0 saturated heterocycles. The minimum absolute atomic E-state index is 0. The van der Waals surface area contributed by atoms with Crippen molar-refractivity contribution in [2.45, 2.75) is 34.6 Å². The van der Waals surface area contributed by atoms with E-state index in [0.29, 0.717) is 51.1 Å². The van der Waals surface area contributed by atoms with Crippen LogP contribution < -0.4 is 33.6 Å². The molecule has 0 aliphatic carbocycles. The number of hydrogen-bond acceptors (Lipinski definition) is 5.